The van der Waals surface area contributed by atoms with Gasteiger partial charge < -0.3 is 10.6 Å². The van der Waals surface area contributed by atoms with Gasteiger partial charge in [0.05, 0.1) is 6.54 Å². The van der Waals surface area contributed by atoms with Crippen LogP contribution in [0.5, 0.6) is 0 Å². The molecule has 0 saturated carbocycles. The summed E-state index contributed by atoms with van der Waals surface area (Å²) >= 11 is 0. The highest BCUT2D eigenvalue weighted by Crippen LogP contribution is 2.29. The van der Waals surface area contributed by atoms with Crippen LogP contribution in [0.15, 0.2) is 30.3 Å². The molecule has 1 amide bonds. The average molecular weight is 287 g/mol. The maximum Gasteiger partial charge on any atom is 0.238 e. The van der Waals surface area contributed by atoms with Crippen molar-refractivity contribution < 1.29 is 4.79 Å². The quantitative estimate of drug-likeness (QED) is 0.891. The summed E-state index contributed by atoms with van der Waals surface area (Å²) < 4.78 is 0. The van der Waals surface area contributed by atoms with Crippen molar-refractivity contribution in [3.63, 3.8) is 0 Å². The van der Waals surface area contributed by atoms with Crippen LogP contribution in [0.4, 0.5) is 5.69 Å². The second-order valence-corrected chi connectivity index (χ2v) is 6.18. The summed E-state index contributed by atoms with van der Waals surface area (Å²) in [6, 6.07) is 10.3. The van der Waals surface area contributed by atoms with Crippen molar-refractivity contribution in [2.24, 2.45) is 5.92 Å². The number of amides is 1. The molecule has 2 heterocycles. The molecule has 0 aromatic heterocycles. The van der Waals surface area contributed by atoms with Gasteiger partial charge in [-0.15, -0.1) is 0 Å². The van der Waals surface area contributed by atoms with E-state index in [1.807, 2.05) is 30.3 Å². The van der Waals surface area contributed by atoms with Crippen LogP contribution >= 0.6 is 0 Å². The third-order valence-electron chi connectivity index (χ3n) is 4.75. The van der Waals surface area contributed by atoms with Gasteiger partial charge in [-0.3, -0.25) is 9.69 Å². The molecule has 1 unspecified atom stereocenters. The Morgan fingerprint density at radius 2 is 1.95 bits per heavy atom. The second-order valence-electron chi connectivity index (χ2n) is 6.18. The van der Waals surface area contributed by atoms with Gasteiger partial charge in [0.2, 0.25) is 5.91 Å². The van der Waals surface area contributed by atoms with E-state index in [1.54, 1.807) is 0 Å². The van der Waals surface area contributed by atoms with Crippen molar-refractivity contribution in [2.75, 3.05) is 31.5 Å². The summed E-state index contributed by atoms with van der Waals surface area (Å²) in [7, 11) is 0. The molecule has 1 atom stereocenters. The Labute approximate surface area is 126 Å². The highest BCUT2D eigenvalue weighted by Gasteiger charge is 2.33. The lowest BCUT2D eigenvalue weighted by Gasteiger charge is -2.34. The van der Waals surface area contributed by atoms with Crippen molar-refractivity contribution in [1.82, 2.24) is 10.2 Å². The maximum atomic E-state index is 12.2. The molecule has 3 rings (SSSR count). The monoisotopic (exact) mass is 287 g/mol. The van der Waals surface area contributed by atoms with Crippen LogP contribution < -0.4 is 10.6 Å². The number of nitrogens with zero attached hydrogens (tertiary/aromatic N) is 1. The first kappa shape index (κ1) is 14.5. The number of benzene rings is 1. The SMILES string of the molecule is O=C(CN1CCCC1C1CCNCC1)Nc1ccccc1. The van der Waals surface area contributed by atoms with Crippen molar-refractivity contribution in [3.05, 3.63) is 30.3 Å². The molecule has 0 radical (unpaired) electrons. The molecular weight excluding hydrogens is 262 g/mol. The zero-order valence-corrected chi connectivity index (χ0v) is 12.6. The molecule has 2 aliphatic rings. The zero-order valence-electron chi connectivity index (χ0n) is 12.6. The average Bonchev–Trinajstić information content (AvgIpc) is 2.97. The number of anilines is 1. The minimum absolute atomic E-state index is 0.113. The molecule has 4 heteroatoms. The smallest absolute Gasteiger partial charge is 0.238 e. The van der Waals surface area contributed by atoms with Crippen molar-refractivity contribution in [1.29, 1.82) is 0 Å². The third-order valence-corrected chi connectivity index (χ3v) is 4.75. The normalized spacial score (nSPS) is 24.1. The highest BCUT2D eigenvalue weighted by atomic mass is 16.2. The van der Waals surface area contributed by atoms with Crippen LogP contribution in [0.1, 0.15) is 25.7 Å². The molecule has 2 aliphatic heterocycles. The summed E-state index contributed by atoms with van der Waals surface area (Å²) in [6.07, 6.45) is 4.99. The molecule has 21 heavy (non-hydrogen) atoms. The molecular formula is C17H25N3O. The maximum absolute atomic E-state index is 12.2. The fraction of sp³-hybridized carbons (Fsp3) is 0.588. The number of nitrogens with one attached hydrogen (secondary N) is 2. The summed E-state index contributed by atoms with van der Waals surface area (Å²) in [5.74, 6) is 0.875. The Bertz CT molecular complexity index is 456. The standard InChI is InChI=1S/C17H25N3O/c21-17(19-15-5-2-1-3-6-15)13-20-12-4-7-16(20)14-8-10-18-11-9-14/h1-3,5-6,14,16,18H,4,7-13H2,(H,19,21). The number of hydrogen-bond donors (Lipinski definition) is 2. The van der Waals surface area contributed by atoms with E-state index in [2.05, 4.69) is 15.5 Å². The largest absolute Gasteiger partial charge is 0.325 e. The van der Waals surface area contributed by atoms with Crippen LogP contribution in [0, 0.1) is 5.92 Å². The first-order valence-electron chi connectivity index (χ1n) is 8.12. The number of carbonyl (C=O) groups is 1. The molecule has 0 aliphatic carbocycles. The fourth-order valence-corrected chi connectivity index (χ4v) is 3.72. The van der Waals surface area contributed by atoms with E-state index in [0.717, 1.165) is 31.2 Å². The minimum Gasteiger partial charge on any atom is -0.325 e. The van der Waals surface area contributed by atoms with Crippen LogP contribution in [-0.4, -0.2) is 43.0 Å². The Balaban J connectivity index is 1.54. The highest BCUT2D eigenvalue weighted by molar-refractivity contribution is 5.92. The van der Waals surface area contributed by atoms with Crippen LogP contribution in [0.3, 0.4) is 0 Å². The van der Waals surface area contributed by atoms with Gasteiger partial charge in [-0.05, 0) is 63.4 Å². The molecule has 2 fully saturated rings. The summed E-state index contributed by atoms with van der Waals surface area (Å²) in [5.41, 5.74) is 0.889. The zero-order chi connectivity index (χ0) is 14.5. The van der Waals surface area contributed by atoms with Crippen LogP contribution in [0.25, 0.3) is 0 Å². The van der Waals surface area contributed by atoms with E-state index in [0.29, 0.717) is 12.6 Å². The van der Waals surface area contributed by atoms with Gasteiger partial charge >= 0.3 is 0 Å². The summed E-state index contributed by atoms with van der Waals surface area (Å²) in [6.45, 7) is 3.86. The molecule has 2 saturated heterocycles. The number of hydrogen-bond acceptors (Lipinski definition) is 3. The Hall–Kier alpha value is -1.39. The molecule has 114 valence electrons. The number of carbonyl (C=O) groups excluding carboxylic acids is 1. The topological polar surface area (TPSA) is 44.4 Å². The third kappa shape index (κ3) is 3.83. The molecule has 1 aromatic rings. The van der Waals surface area contributed by atoms with E-state index < -0.39 is 0 Å². The molecule has 2 N–H and O–H groups in total. The number of likely N-dealkylation sites (tertiary alicyclic amines) is 1. The van der Waals surface area contributed by atoms with Gasteiger partial charge in [-0.2, -0.15) is 0 Å². The Morgan fingerprint density at radius 1 is 1.19 bits per heavy atom. The molecule has 0 bridgehead atoms. The first-order valence-corrected chi connectivity index (χ1v) is 8.12. The van der Waals surface area contributed by atoms with Crippen LogP contribution in [-0.2, 0) is 4.79 Å². The number of rotatable bonds is 4. The van der Waals surface area contributed by atoms with Gasteiger partial charge in [0.25, 0.3) is 0 Å². The number of piperidine rings is 1. The Morgan fingerprint density at radius 3 is 2.71 bits per heavy atom. The molecule has 1 aromatic carbocycles. The molecule has 0 spiro atoms. The minimum atomic E-state index is 0.113. The second kappa shape index (κ2) is 7.05. The van der Waals surface area contributed by atoms with Crippen molar-refractivity contribution in [3.8, 4) is 0 Å². The first-order chi connectivity index (χ1) is 10.3. The van der Waals surface area contributed by atoms with Crippen LogP contribution in [0.2, 0.25) is 0 Å². The van der Waals surface area contributed by atoms with E-state index in [4.69, 9.17) is 0 Å². The number of para-hydroxylation sites is 1. The van der Waals surface area contributed by atoms with E-state index >= 15 is 0 Å². The van der Waals surface area contributed by atoms with Gasteiger partial charge in [-0.1, -0.05) is 18.2 Å². The Kier molecular flexibility index (Phi) is 4.88. The van der Waals surface area contributed by atoms with E-state index in [1.165, 1.54) is 25.7 Å². The van der Waals surface area contributed by atoms with Crippen molar-refractivity contribution >= 4 is 11.6 Å². The van der Waals surface area contributed by atoms with Crippen molar-refractivity contribution in [2.45, 2.75) is 31.7 Å². The predicted molar refractivity (Wildman–Crippen MR) is 85.3 cm³/mol. The van der Waals surface area contributed by atoms with E-state index in [-0.39, 0.29) is 5.91 Å². The summed E-state index contributed by atoms with van der Waals surface area (Å²) in [5, 5.41) is 6.43. The predicted octanol–water partition coefficient (Wildman–Crippen LogP) is 2.09. The van der Waals surface area contributed by atoms with Gasteiger partial charge in [-0.25, -0.2) is 0 Å². The molecule has 4 nitrogen and oxygen atoms in total. The van der Waals surface area contributed by atoms with Gasteiger partial charge in [0.15, 0.2) is 0 Å². The lowest BCUT2D eigenvalue weighted by atomic mass is 9.89. The van der Waals surface area contributed by atoms with E-state index in [9.17, 15) is 4.79 Å². The summed E-state index contributed by atoms with van der Waals surface area (Å²) in [4.78, 5) is 14.6. The lowest BCUT2D eigenvalue weighted by molar-refractivity contribution is -0.117. The lowest BCUT2D eigenvalue weighted by Crippen LogP contribution is -2.44. The fourth-order valence-electron chi connectivity index (χ4n) is 3.72. The van der Waals surface area contributed by atoms with Gasteiger partial charge in [0.1, 0.15) is 0 Å². The van der Waals surface area contributed by atoms with Gasteiger partial charge in [0, 0.05) is 11.7 Å².